The summed E-state index contributed by atoms with van der Waals surface area (Å²) >= 11 is 0. The lowest BCUT2D eigenvalue weighted by Gasteiger charge is -2.27. The second-order valence-electron chi connectivity index (χ2n) is 5.47. The van der Waals surface area contributed by atoms with Crippen molar-refractivity contribution >= 4 is 28.1 Å². The zero-order valence-corrected chi connectivity index (χ0v) is 14.8. The summed E-state index contributed by atoms with van der Waals surface area (Å²) in [7, 11) is -3.74. The standard InChI is InChI=1S/C14H21N3O4S.ClH/c1-3-8-16(13-6-7-15-10-13)22(20,21)14-9-12(17(18)19)5-4-11(14)2;/h4-5,9,13,15H,3,6-8,10H2,1-2H3;1H. The SMILES string of the molecule is CCCN(C1CCNC1)S(=O)(=O)c1cc([N+](=O)[O-])ccc1C.Cl. The van der Waals surface area contributed by atoms with Gasteiger partial charge < -0.3 is 5.32 Å². The van der Waals surface area contributed by atoms with Crippen molar-refractivity contribution in [2.45, 2.75) is 37.6 Å². The highest BCUT2D eigenvalue weighted by molar-refractivity contribution is 7.89. The fourth-order valence-electron chi connectivity index (χ4n) is 2.71. The van der Waals surface area contributed by atoms with Crippen LogP contribution in [0.15, 0.2) is 23.1 Å². The average Bonchev–Trinajstić information content (AvgIpc) is 2.98. The van der Waals surface area contributed by atoms with Gasteiger partial charge in [-0.15, -0.1) is 12.4 Å². The number of benzene rings is 1. The molecule has 1 aromatic rings. The molecule has 1 unspecified atom stereocenters. The number of non-ortho nitro benzene ring substituents is 1. The van der Waals surface area contributed by atoms with E-state index in [9.17, 15) is 18.5 Å². The molecule has 1 N–H and O–H groups in total. The molecular formula is C14H22ClN3O4S. The van der Waals surface area contributed by atoms with Gasteiger partial charge in [0.2, 0.25) is 10.0 Å². The number of sulfonamides is 1. The highest BCUT2D eigenvalue weighted by Crippen LogP contribution is 2.27. The topological polar surface area (TPSA) is 92.6 Å². The Kier molecular flexibility index (Phi) is 6.94. The first kappa shape index (κ1) is 19.8. The molecule has 1 saturated heterocycles. The minimum absolute atomic E-state index is 0. The van der Waals surface area contributed by atoms with E-state index in [1.54, 1.807) is 6.92 Å². The lowest BCUT2D eigenvalue weighted by Crippen LogP contribution is -2.42. The molecule has 1 atom stereocenters. The van der Waals surface area contributed by atoms with Crippen LogP contribution in [0, 0.1) is 17.0 Å². The molecule has 130 valence electrons. The van der Waals surface area contributed by atoms with Crippen molar-refractivity contribution in [1.29, 1.82) is 0 Å². The lowest BCUT2D eigenvalue weighted by molar-refractivity contribution is -0.385. The maximum absolute atomic E-state index is 13.0. The number of rotatable bonds is 6. The first-order chi connectivity index (χ1) is 10.4. The van der Waals surface area contributed by atoms with Gasteiger partial charge in [0.15, 0.2) is 0 Å². The summed E-state index contributed by atoms with van der Waals surface area (Å²) < 4.78 is 27.4. The third kappa shape index (κ3) is 4.20. The molecule has 1 aliphatic rings. The van der Waals surface area contributed by atoms with Crippen LogP contribution in [0.3, 0.4) is 0 Å². The molecule has 0 aromatic heterocycles. The van der Waals surface area contributed by atoms with Gasteiger partial charge in [0, 0.05) is 31.3 Å². The van der Waals surface area contributed by atoms with Gasteiger partial charge in [-0.05, 0) is 31.9 Å². The number of nitro benzene ring substituents is 1. The molecule has 1 aliphatic heterocycles. The zero-order valence-electron chi connectivity index (χ0n) is 13.2. The Morgan fingerprint density at radius 2 is 2.13 bits per heavy atom. The van der Waals surface area contributed by atoms with E-state index in [0.717, 1.165) is 19.0 Å². The van der Waals surface area contributed by atoms with E-state index in [-0.39, 0.29) is 29.0 Å². The van der Waals surface area contributed by atoms with Crippen LogP contribution in [0.25, 0.3) is 0 Å². The number of halogens is 1. The number of nitrogens with one attached hydrogen (secondary N) is 1. The van der Waals surface area contributed by atoms with E-state index < -0.39 is 14.9 Å². The first-order valence-corrected chi connectivity index (χ1v) is 8.79. The summed E-state index contributed by atoms with van der Waals surface area (Å²) in [6.45, 7) is 5.40. The quantitative estimate of drug-likeness (QED) is 0.617. The Morgan fingerprint density at radius 3 is 2.65 bits per heavy atom. The summed E-state index contributed by atoms with van der Waals surface area (Å²) in [4.78, 5) is 10.4. The van der Waals surface area contributed by atoms with E-state index in [2.05, 4.69) is 5.32 Å². The van der Waals surface area contributed by atoms with Crippen LogP contribution in [-0.2, 0) is 10.0 Å². The van der Waals surface area contributed by atoms with Crippen molar-refractivity contribution in [3.63, 3.8) is 0 Å². The van der Waals surface area contributed by atoms with Crippen LogP contribution in [-0.4, -0.2) is 43.3 Å². The van der Waals surface area contributed by atoms with E-state index in [1.165, 1.54) is 16.4 Å². The smallest absolute Gasteiger partial charge is 0.270 e. The molecule has 0 saturated carbocycles. The highest BCUT2D eigenvalue weighted by Gasteiger charge is 2.34. The Bertz CT molecular complexity index is 660. The summed E-state index contributed by atoms with van der Waals surface area (Å²) in [6.07, 6.45) is 1.46. The minimum atomic E-state index is -3.74. The third-order valence-corrected chi connectivity index (χ3v) is 5.95. The predicted molar refractivity (Wildman–Crippen MR) is 90.5 cm³/mol. The van der Waals surface area contributed by atoms with Gasteiger partial charge in [-0.2, -0.15) is 4.31 Å². The molecule has 1 heterocycles. The van der Waals surface area contributed by atoms with E-state index in [4.69, 9.17) is 0 Å². The average molecular weight is 364 g/mol. The maximum Gasteiger partial charge on any atom is 0.270 e. The Morgan fingerprint density at radius 1 is 1.43 bits per heavy atom. The number of nitrogens with zero attached hydrogens (tertiary/aromatic N) is 2. The van der Waals surface area contributed by atoms with Crippen LogP contribution in [0.2, 0.25) is 0 Å². The molecule has 0 aliphatic carbocycles. The monoisotopic (exact) mass is 363 g/mol. The molecule has 9 heteroatoms. The van der Waals surface area contributed by atoms with Crippen LogP contribution >= 0.6 is 12.4 Å². The fraction of sp³-hybridized carbons (Fsp3) is 0.571. The zero-order chi connectivity index (χ0) is 16.3. The Balaban J connectivity index is 0.00000264. The van der Waals surface area contributed by atoms with Crippen molar-refractivity contribution < 1.29 is 13.3 Å². The van der Waals surface area contributed by atoms with Gasteiger partial charge in [-0.3, -0.25) is 10.1 Å². The van der Waals surface area contributed by atoms with Gasteiger partial charge in [-0.1, -0.05) is 13.0 Å². The molecular weight excluding hydrogens is 342 g/mol. The normalized spacial score (nSPS) is 18.0. The summed E-state index contributed by atoms with van der Waals surface area (Å²) in [5, 5.41) is 14.1. The molecule has 7 nitrogen and oxygen atoms in total. The number of aryl methyl sites for hydroxylation is 1. The van der Waals surface area contributed by atoms with Crippen LogP contribution in [0.5, 0.6) is 0 Å². The Hall–Kier alpha value is -1.22. The molecule has 0 radical (unpaired) electrons. The van der Waals surface area contributed by atoms with Crippen LogP contribution in [0.4, 0.5) is 5.69 Å². The number of hydrogen-bond acceptors (Lipinski definition) is 5. The van der Waals surface area contributed by atoms with Gasteiger partial charge in [0.25, 0.3) is 5.69 Å². The number of nitro groups is 1. The molecule has 0 bridgehead atoms. The Labute approximate surface area is 142 Å². The molecule has 2 rings (SSSR count). The van der Waals surface area contributed by atoms with Crippen molar-refractivity contribution in [3.8, 4) is 0 Å². The van der Waals surface area contributed by atoms with E-state index in [1.807, 2.05) is 6.92 Å². The van der Waals surface area contributed by atoms with Gasteiger partial charge >= 0.3 is 0 Å². The largest absolute Gasteiger partial charge is 0.315 e. The van der Waals surface area contributed by atoms with E-state index >= 15 is 0 Å². The second kappa shape index (κ2) is 8.05. The molecule has 1 aromatic carbocycles. The summed E-state index contributed by atoms with van der Waals surface area (Å²) in [5.41, 5.74) is 0.322. The lowest BCUT2D eigenvalue weighted by atomic mass is 10.2. The third-order valence-electron chi connectivity index (χ3n) is 3.85. The van der Waals surface area contributed by atoms with E-state index in [0.29, 0.717) is 25.1 Å². The van der Waals surface area contributed by atoms with Crippen molar-refractivity contribution in [2.75, 3.05) is 19.6 Å². The number of hydrogen-bond donors (Lipinski definition) is 1. The summed E-state index contributed by atoms with van der Waals surface area (Å²) in [5.74, 6) is 0. The fourth-order valence-corrected chi connectivity index (χ4v) is 4.70. The molecule has 23 heavy (non-hydrogen) atoms. The molecule has 1 fully saturated rings. The maximum atomic E-state index is 13.0. The van der Waals surface area contributed by atoms with Crippen molar-refractivity contribution in [2.24, 2.45) is 0 Å². The predicted octanol–water partition coefficient (Wildman–Crippen LogP) is 2.09. The first-order valence-electron chi connectivity index (χ1n) is 7.35. The summed E-state index contributed by atoms with van der Waals surface area (Å²) in [6, 6.07) is 3.89. The highest BCUT2D eigenvalue weighted by atomic mass is 35.5. The van der Waals surface area contributed by atoms with Gasteiger partial charge in [0.05, 0.1) is 9.82 Å². The van der Waals surface area contributed by atoms with Crippen LogP contribution < -0.4 is 5.32 Å². The minimum Gasteiger partial charge on any atom is -0.315 e. The van der Waals surface area contributed by atoms with Crippen LogP contribution in [0.1, 0.15) is 25.3 Å². The molecule has 0 amide bonds. The molecule has 0 spiro atoms. The van der Waals surface area contributed by atoms with Crippen molar-refractivity contribution in [3.05, 3.63) is 33.9 Å². The van der Waals surface area contributed by atoms with Crippen molar-refractivity contribution in [1.82, 2.24) is 9.62 Å². The van der Waals surface area contributed by atoms with Gasteiger partial charge in [-0.25, -0.2) is 8.42 Å². The second-order valence-corrected chi connectivity index (χ2v) is 7.33. The van der Waals surface area contributed by atoms with Gasteiger partial charge in [0.1, 0.15) is 0 Å².